The fourth-order valence-corrected chi connectivity index (χ4v) is 5.77. The van der Waals surface area contributed by atoms with Crippen LogP contribution in [0.4, 0.5) is 0 Å². The molecule has 1 aromatic rings. The van der Waals surface area contributed by atoms with Gasteiger partial charge in [-0.15, -0.1) is 12.4 Å². The summed E-state index contributed by atoms with van der Waals surface area (Å²) in [5.41, 5.74) is 3.00. The monoisotopic (exact) mass is 377 g/mol. The quantitative estimate of drug-likeness (QED) is 0.775. The Bertz CT molecular complexity index is 674. The number of fused-ring (bicyclic) bond motifs is 5. The zero-order valence-electron chi connectivity index (χ0n) is 16.3. The number of nitrogens with zero attached hydrogens (tertiary/aromatic N) is 1. The van der Waals surface area contributed by atoms with Gasteiger partial charge >= 0.3 is 0 Å². The van der Waals surface area contributed by atoms with Crippen LogP contribution in [-0.2, 0) is 11.2 Å². The van der Waals surface area contributed by atoms with E-state index in [1.54, 1.807) is 0 Å². The first kappa shape index (κ1) is 19.7. The summed E-state index contributed by atoms with van der Waals surface area (Å²) >= 11 is 0. The summed E-state index contributed by atoms with van der Waals surface area (Å²) in [6.07, 6.45) is 6.58. The van der Waals surface area contributed by atoms with Crippen LogP contribution in [0.3, 0.4) is 0 Å². The van der Waals surface area contributed by atoms with Crippen LogP contribution < -0.4 is 4.74 Å². The Morgan fingerprint density at radius 3 is 2.77 bits per heavy atom. The van der Waals surface area contributed by atoms with Crippen molar-refractivity contribution in [1.29, 1.82) is 0 Å². The summed E-state index contributed by atoms with van der Waals surface area (Å²) in [6, 6.07) is 6.75. The van der Waals surface area contributed by atoms with Gasteiger partial charge in [-0.3, -0.25) is 4.79 Å². The molecule has 0 radical (unpaired) electrons. The van der Waals surface area contributed by atoms with Crippen molar-refractivity contribution < 1.29 is 9.53 Å². The molecule has 3 nitrogen and oxygen atoms in total. The molecule has 4 rings (SSSR count). The van der Waals surface area contributed by atoms with Gasteiger partial charge in [0.1, 0.15) is 18.1 Å². The third-order valence-corrected chi connectivity index (χ3v) is 7.21. The standard InChI is InChI=1S/C22H31NO2.ClH/c1-22-11-10-18-17-7-5-16(25-13-12-23(2)3)14-15(17)4-6-19(18)20(22)8-9-21(22)24;/h5,7,14,18-20H,4,6,8-13H2,1-3H3;1H/t18-,19-,20+,22+;/m1./s1. The molecule has 144 valence electrons. The van der Waals surface area contributed by atoms with Crippen molar-refractivity contribution in [2.75, 3.05) is 27.2 Å². The van der Waals surface area contributed by atoms with E-state index < -0.39 is 0 Å². The minimum absolute atomic E-state index is 0. The van der Waals surface area contributed by atoms with E-state index in [-0.39, 0.29) is 17.8 Å². The minimum Gasteiger partial charge on any atom is -0.492 e. The third kappa shape index (κ3) is 3.29. The topological polar surface area (TPSA) is 29.5 Å². The second-order valence-electron chi connectivity index (χ2n) is 8.85. The van der Waals surface area contributed by atoms with E-state index in [0.717, 1.165) is 44.6 Å². The number of carbonyl (C=O) groups excluding carboxylic acids is 1. The second kappa shape index (κ2) is 7.52. The van der Waals surface area contributed by atoms with Gasteiger partial charge in [0.25, 0.3) is 0 Å². The second-order valence-corrected chi connectivity index (χ2v) is 8.85. The zero-order chi connectivity index (χ0) is 17.6. The summed E-state index contributed by atoms with van der Waals surface area (Å²) in [5.74, 6) is 3.52. The van der Waals surface area contributed by atoms with E-state index >= 15 is 0 Å². The van der Waals surface area contributed by atoms with Gasteiger partial charge in [-0.05, 0) is 87.2 Å². The Balaban J connectivity index is 0.00000196. The first-order valence-electron chi connectivity index (χ1n) is 9.93. The smallest absolute Gasteiger partial charge is 0.139 e. The molecule has 3 aliphatic rings. The molecule has 0 aromatic heterocycles. The van der Waals surface area contributed by atoms with Crippen LogP contribution >= 0.6 is 12.4 Å². The van der Waals surface area contributed by atoms with Gasteiger partial charge in [-0.1, -0.05) is 13.0 Å². The summed E-state index contributed by atoms with van der Waals surface area (Å²) in [6.45, 7) is 3.93. The molecule has 0 aliphatic heterocycles. The number of ketones is 1. The van der Waals surface area contributed by atoms with Crippen LogP contribution in [0.15, 0.2) is 18.2 Å². The minimum atomic E-state index is -0.0199. The first-order valence-corrected chi connectivity index (χ1v) is 9.93. The van der Waals surface area contributed by atoms with Gasteiger partial charge in [0.05, 0.1) is 0 Å². The number of ether oxygens (including phenoxy) is 1. The maximum absolute atomic E-state index is 12.4. The molecular weight excluding hydrogens is 346 g/mol. The molecule has 2 saturated carbocycles. The lowest BCUT2D eigenvalue weighted by Crippen LogP contribution is -2.42. The van der Waals surface area contributed by atoms with Gasteiger partial charge in [0, 0.05) is 18.4 Å². The number of carbonyl (C=O) groups is 1. The van der Waals surface area contributed by atoms with Crippen molar-refractivity contribution in [3.8, 4) is 5.75 Å². The summed E-state index contributed by atoms with van der Waals surface area (Å²) in [4.78, 5) is 14.6. The Hall–Kier alpha value is -1.06. The normalized spacial score (nSPS) is 32.5. The zero-order valence-corrected chi connectivity index (χ0v) is 17.1. The Kier molecular flexibility index (Phi) is 5.69. The van der Waals surface area contributed by atoms with Crippen molar-refractivity contribution >= 4 is 18.2 Å². The molecule has 3 aliphatic carbocycles. The molecule has 2 fully saturated rings. The molecule has 0 heterocycles. The lowest BCUT2D eigenvalue weighted by Gasteiger charge is -2.48. The molecule has 0 unspecified atom stereocenters. The molecule has 4 atom stereocenters. The largest absolute Gasteiger partial charge is 0.492 e. The van der Waals surface area contributed by atoms with Crippen LogP contribution in [0.2, 0.25) is 0 Å². The fourth-order valence-electron chi connectivity index (χ4n) is 5.77. The molecule has 0 amide bonds. The van der Waals surface area contributed by atoms with Crippen LogP contribution in [-0.4, -0.2) is 37.9 Å². The predicted molar refractivity (Wildman–Crippen MR) is 107 cm³/mol. The number of likely N-dealkylation sites (N-methyl/N-ethyl adjacent to an activating group) is 1. The highest BCUT2D eigenvalue weighted by Gasteiger charge is 2.54. The average Bonchev–Trinajstić information content (AvgIpc) is 2.89. The molecule has 0 N–H and O–H groups in total. The highest BCUT2D eigenvalue weighted by Crippen LogP contribution is 2.59. The third-order valence-electron chi connectivity index (χ3n) is 7.21. The highest BCUT2D eigenvalue weighted by molar-refractivity contribution is 5.87. The Morgan fingerprint density at radius 2 is 2.00 bits per heavy atom. The van der Waals surface area contributed by atoms with Crippen LogP contribution in [0.1, 0.15) is 56.1 Å². The molecule has 0 bridgehead atoms. The lowest BCUT2D eigenvalue weighted by molar-refractivity contribution is -0.129. The lowest BCUT2D eigenvalue weighted by atomic mass is 9.55. The molecular formula is C22H32ClNO2. The summed E-state index contributed by atoms with van der Waals surface area (Å²) in [5, 5.41) is 0. The Labute approximate surface area is 163 Å². The molecule has 4 heteroatoms. The van der Waals surface area contributed by atoms with Gasteiger partial charge in [-0.25, -0.2) is 0 Å². The summed E-state index contributed by atoms with van der Waals surface area (Å²) < 4.78 is 5.93. The number of Topliss-reactive ketones (excluding diaryl/α,β-unsaturated/α-hetero) is 1. The SMILES string of the molecule is CN(C)CCOc1ccc2c(c1)CC[C@@H]1[C@@H]2CC[C@]2(C)C(=O)CC[C@@H]12.Cl. The molecule has 0 saturated heterocycles. The van der Waals surface area contributed by atoms with Gasteiger partial charge < -0.3 is 9.64 Å². The number of halogens is 1. The van der Waals surface area contributed by atoms with Crippen molar-refractivity contribution in [2.24, 2.45) is 17.3 Å². The number of benzene rings is 1. The van der Waals surface area contributed by atoms with Crippen molar-refractivity contribution in [3.05, 3.63) is 29.3 Å². The van der Waals surface area contributed by atoms with E-state index in [2.05, 4.69) is 44.1 Å². The first-order chi connectivity index (χ1) is 12.0. The molecule has 26 heavy (non-hydrogen) atoms. The van der Waals surface area contributed by atoms with Gasteiger partial charge in [0.2, 0.25) is 0 Å². The number of aryl methyl sites for hydroxylation is 1. The number of rotatable bonds is 4. The predicted octanol–water partition coefficient (Wildman–Crippen LogP) is 4.47. The van der Waals surface area contributed by atoms with Crippen LogP contribution in [0, 0.1) is 17.3 Å². The van der Waals surface area contributed by atoms with Crippen LogP contribution in [0.25, 0.3) is 0 Å². The van der Waals surface area contributed by atoms with E-state index in [0.29, 0.717) is 23.5 Å². The van der Waals surface area contributed by atoms with E-state index in [9.17, 15) is 4.79 Å². The maximum atomic E-state index is 12.4. The Morgan fingerprint density at radius 1 is 1.19 bits per heavy atom. The van der Waals surface area contributed by atoms with Crippen LogP contribution in [0.5, 0.6) is 5.75 Å². The number of hydrogen-bond acceptors (Lipinski definition) is 3. The number of hydrogen-bond donors (Lipinski definition) is 0. The maximum Gasteiger partial charge on any atom is 0.139 e. The van der Waals surface area contributed by atoms with Crippen molar-refractivity contribution in [3.63, 3.8) is 0 Å². The van der Waals surface area contributed by atoms with Gasteiger partial charge in [0.15, 0.2) is 0 Å². The van der Waals surface area contributed by atoms with Gasteiger partial charge in [-0.2, -0.15) is 0 Å². The fraction of sp³-hybridized carbons (Fsp3) is 0.682. The van der Waals surface area contributed by atoms with E-state index in [4.69, 9.17) is 4.74 Å². The molecule has 1 aromatic carbocycles. The van der Waals surface area contributed by atoms with E-state index in [1.807, 2.05) is 0 Å². The van der Waals surface area contributed by atoms with E-state index in [1.165, 1.54) is 24.0 Å². The molecule has 0 spiro atoms. The average molecular weight is 378 g/mol. The van der Waals surface area contributed by atoms with Crippen molar-refractivity contribution in [2.45, 2.75) is 51.4 Å². The highest BCUT2D eigenvalue weighted by atomic mass is 35.5. The summed E-state index contributed by atoms with van der Waals surface area (Å²) in [7, 11) is 4.14. The van der Waals surface area contributed by atoms with Crippen molar-refractivity contribution in [1.82, 2.24) is 4.90 Å².